The van der Waals surface area contributed by atoms with Crippen LogP contribution < -0.4 is 10.1 Å². The SMILES string of the molecule is COc1ccc(NC(=O)C(c2ccccc2)N2CCCC(C(F)(F)F)C2)cc1. The van der Waals surface area contributed by atoms with Gasteiger partial charge < -0.3 is 10.1 Å². The van der Waals surface area contributed by atoms with E-state index >= 15 is 0 Å². The van der Waals surface area contributed by atoms with Crippen molar-refractivity contribution in [1.82, 2.24) is 4.90 Å². The number of piperidine rings is 1. The fraction of sp³-hybridized carbons (Fsp3) is 0.381. The lowest BCUT2D eigenvalue weighted by molar-refractivity contribution is -0.189. The molecule has 0 aliphatic carbocycles. The molecule has 0 aromatic heterocycles. The van der Waals surface area contributed by atoms with Crippen LogP contribution in [0.4, 0.5) is 18.9 Å². The maximum Gasteiger partial charge on any atom is 0.393 e. The fourth-order valence-electron chi connectivity index (χ4n) is 3.56. The van der Waals surface area contributed by atoms with Crippen molar-refractivity contribution in [2.24, 2.45) is 5.92 Å². The highest BCUT2D eigenvalue weighted by Gasteiger charge is 2.44. The van der Waals surface area contributed by atoms with Gasteiger partial charge in [-0.15, -0.1) is 0 Å². The normalized spacial score (nSPS) is 19.1. The van der Waals surface area contributed by atoms with Gasteiger partial charge in [-0.05, 0) is 49.2 Å². The molecule has 1 N–H and O–H groups in total. The first-order chi connectivity index (χ1) is 13.4. The Labute approximate surface area is 162 Å². The predicted octanol–water partition coefficient (Wildman–Crippen LogP) is 4.65. The summed E-state index contributed by atoms with van der Waals surface area (Å²) in [5.41, 5.74) is 1.24. The highest BCUT2D eigenvalue weighted by molar-refractivity contribution is 5.95. The van der Waals surface area contributed by atoms with Crippen LogP contribution in [0.5, 0.6) is 5.75 Å². The lowest BCUT2D eigenvalue weighted by atomic mass is 9.94. The molecule has 1 aliphatic rings. The molecule has 7 heteroatoms. The molecule has 3 rings (SSSR count). The number of likely N-dealkylation sites (tertiary alicyclic amines) is 1. The third-order valence-electron chi connectivity index (χ3n) is 5.00. The summed E-state index contributed by atoms with van der Waals surface area (Å²) in [7, 11) is 1.55. The Bertz CT molecular complexity index is 778. The lowest BCUT2D eigenvalue weighted by Gasteiger charge is -2.38. The zero-order valence-corrected chi connectivity index (χ0v) is 15.6. The molecule has 2 aromatic rings. The summed E-state index contributed by atoms with van der Waals surface area (Å²) in [6.07, 6.45) is -3.75. The number of methoxy groups -OCH3 is 1. The number of benzene rings is 2. The van der Waals surface area contributed by atoms with Gasteiger partial charge in [-0.2, -0.15) is 13.2 Å². The van der Waals surface area contributed by atoms with Crippen LogP contribution >= 0.6 is 0 Å². The molecule has 150 valence electrons. The number of rotatable bonds is 5. The van der Waals surface area contributed by atoms with Crippen LogP contribution in [0.1, 0.15) is 24.4 Å². The molecule has 1 aliphatic heterocycles. The molecule has 0 saturated carbocycles. The topological polar surface area (TPSA) is 41.6 Å². The first kappa shape index (κ1) is 20.2. The van der Waals surface area contributed by atoms with Crippen molar-refractivity contribution in [3.05, 3.63) is 60.2 Å². The molecule has 2 atom stereocenters. The zero-order chi connectivity index (χ0) is 20.1. The van der Waals surface area contributed by atoms with Gasteiger partial charge in [-0.3, -0.25) is 9.69 Å². The molecule has 2 unspecified atom stereocenters. The standard InChI is InChI=1S/C21H23F3N2O2/c1-28-18-11-9-17(10-12-18)25-20(27)19(15-6-3-2-4-7-15)26-13-5-8-16(14-26)21(22,23)24/h2-4,6-7,9-12,16,19H,5,8,13-14H2,1H3,(H,25,27). The molecule has 2 aromatic carbocycles. The summed E-state index contributed by atoms with van der Waals surface area (Å²) in [6.45, 7) is 0.265. The minimum atomic E-state index is -4.26. The Hall–Kier alpha value is -2.54. The largest absolute Gasteiger partial charge is 0.497 e. The van der Waals surface area contributed by atoms with E-state index in [4.69, 9.17) is 4.74 Å². The molecule has 1 fully saturated rings. The van der Waals surface area contributed by atoms with Crippen LogP contribution in [0, 0.1) is 5.92 Å². The van der Waals surface area contributed by atoms with Crippen LogP contribution in [-0.2, 0) is 4.79 Å². The maximum atomic E-state index is 13.3. The number of nitrogens with one attached hydrogen (secondary N) is 1. The Morgan fingerprint density at radius 1 is 1.14 bits per heavy atom. The third-order valence-corrected chi connectivity index (χ3v) is 5.00. The minimum absolute atomic E-state index is 0.0988. The van der Waals surface area contributed by atoms with Crippen molar-refractivity contribution >= 4 is 11.6 Å². The van der Waals surface area contributed by atoms with Crippen LogP contribution in [0.3, 0.4) is 0 Å². The zero-order valence-electron chi connectivity index (χ0n) is 15.6. The van der Waals surface area contributed by atoms with Crippen LogP contribution in [-0.4, -0.2) is 37.2 Å². The van der Waals surface area contributed by atoms with E-state index in [2.05, 4.69) is 5.32 Å². The highest BCUT2D eigenvalue weighted by Crippen LogP contribution is 2.36. The average Bonchev–Trinajstić information content (AvgIpc) is 2.69. The second kappa shape index (κ2) is 8.65. The molecule has 1 heterocycles. The number of alkyl halides is 3. The first-order valence-corrected chi connectivity index (χ1v) is 9.19. The van der Waals surface area contributed by atoms with Gasteiger partial charge in [0.05, 0.1) is 13.0 Å². The van der Waals surface area contributed by atoms with E-state index in [9.17, 15) is 18.0 Å². The molecule has 0 radical (unpaired) electrons. The molecular weight excluding hydrogens is 369 g/mol. The monoisotopic (exact) mass is 392 g/mol. The Morgan fingerprint density at radius 2 is 1.82 bits per heavy atom. The quantitative estimate of drug-likeness (QED) is 0.805. The lowest BCUT2D eigenvalue weighted by Crippen LogP contribution is -2.46. The summed E-state index contributed by atoms with van der Waals surface area (Å²) in [5, 5.41) is 2.83. The van der Waals surface area contributed by atoms with Gasteiger partial charge in [-0.25, -0.2) is 0 Å². The third kappa shape index (κ3) is 4.84. The minimum Gasteiger partial charge on any atom is -0.497 e. The molecule has 1 amide bonds. The number of hydrogen-bond donors (Lipinski definition) is 1. The van der Waals surface area contributed by atoms with Gasteiger partial charge in [0.1, 0.15) is 11.8 Å². The van der Waals surface area contributed by atoms with Crippen molar-refractivity contribution in [3.63, 3.8) is 0 Å². The summed E-state index contributed by atoms with van der Waals surface area (Å²) in [5.74, 6) is -1.11. The highest BCUT2D eigenvalue weighted by atomic mass is 19.4. The molecular formula is C21H23F3N2O2. The summed E-state index contributed by atoms with van der Waals surface area (Å²) < 4.78 is 44.9. The molecule has 28 heavy (non-hydrogen) atoms. The summed E-state index contributed by atoms with van der Waals surface area (Å²) in [4.78, 5) is 14.7. The molecule has 4 nitrogen and oxygen atoms in total. The van der Waals surface area contributed by atoms with E-state index < -0.39 is 18.1 Å². The smallest absolute Gasteiger partial charge is 0.393 e. The van der Waals surface area contributed by atoms with E-state index in [-0.39, 0.29) is 18.9 Å². The second-order valence-corrected chi connectivity index (χ2v) is 6.91. The van der Waals surface area contributed by atoms with Crippen LogP contribution in [0.15, 0.2) is 54.6 Å². The van der Waals surface area contributed by atoms with Gasteiger partial charge in [0.2, 0.25) is 5.91 Å². The maximum absolute atomic E-state index is 13.3. The van der Waals surface area contributed by atoms with E-state index in [1.807, 2.05) is 6.07 Å². The van der Waals surface area contributed by atoms with Crippen LogP contribution in [0.2, 0.25) is 0 Å². The van der Waals surface area contributed by atoms with Crippen molar-refractivity contribution in [2.75, 3.05) is 25.5 Å². The van der Waals surface area contributed by atoms with Gasteiger partial charge >= 0.3 is 6.18 Å². The van der Waals surface area contributed by atoms with Crippen molar-refractivity contribution in [1.29, 1.82) is 0 Å². The van der Waals surface area contributed by atoms with E-state index in [0.29, 0.717) is 30.0 Å². The van der Waals surface area contributed by atoms with Crippen molar-refractivity contribution in [2.45, 2.75) is 25.1 Å². The van der Waals surface area contributed by atoms with E-state index in [1.165, 1.54) is 0 Å². The Morgan fingerprint density at radius 3 is 2.43 bits per heavy atom. The van der Waals surface area contributed by atoms with Crippen molar-refractivity contribution in [3.8, 4) is 5.75 Å². The number of carbonyl (C=O) groups is 1. The number of halogens is 3. The number of carbonyl (C=O) groups excluding carboxylic acids is 1. The van der Waals surface area contributed by atoms with Crippen molar-refractivity contribution < 1.29 is 22.7 Å². The van der Waals surface area contributed by atoms with Gasteiger partial charge in [0, 0.05) is 12.2 Å². The number of nitrogens with zero attached hydrogens (tertiary/aromatic N) is 1. The summed E-state index contributed by atoms with van der Waals surface area (Å²) >= 11 is 0. The Balaban J connectivity index is 1.83. The van der Waals surface area contributed by atoms with Gasteiger partial charge in [0.15, 0.2) is 0 Å². The molecule has 1 saturated heterocycles. The molecule has 0 spiro atoms. The summed E-state index contributed by atoms with van der Waals surface area (Å²) in [6, 6.07) is 15.0. The van der Waals surface area contributed by atoms with E-state index in [1.54, 1.807) is 60.5 Å². The Kier molecular flexibility index (Phi) is 6.24. The fourth-order valence-corrected chi connectivity index (χ4v) is 3.56. The average molecular weight is 392 g/mol. The van der Waals surface area contributed by atoms with Crippen LogP contribution in [0.25, 0.3) is 0 Å². The number of anilines is 1. The number of amides is 1. The van der Waals surface area contributed by atoms with Gasteiger partial charge in [0.25, 0.3) is 0 Å². The number of hydrogen-bond acceptors (Lipinski definition) is 3. The predicted molar refractivity (Wildman–Crippen MR) is 101 cm³/mol. The first-order valence-electron chi connectivity index (χ1n) is 9.19. The second-order valence-electron chi connectivity index (χ2n) is 6.91. The van der Waals surface area contributed by atoms with E-state index in [0.717, 1.165) is 0 Å². The molecule has 0 bridgehead atoms. The number of ether oxygens (including phenoxy) is 1. The van der Waals surface area contributed by atoms with Gasteiger partial charge in [-0.1, -0.05) is 30.3 Å².